The fourth-order valence-corrected chi connectivity index (χ4v) is 6.42. The van der Waals surface area contributed by atoms with E-state index in [0.29, 0.717) is 19.0 Å². The van der Waals surface area contributed by atoms with E-state index < -0.39 is 10.0 Å². The van der Waals surface area contributed by atoms with Gasteiger partial charge in [-0.25, -0.2) is 23.4 Å². The zero-order valence-corrected chi connectivity index (χ0v) is 25.0. The summed E-state index contributed by atoms with van der Waals surface area (Å²) in [6.07, 6.45) is 5.57. The Hall–Kier alpha value is -3.65. The minimum absolute atomic E-state index is 0.468. The monoisotopic (exact) mass is 594 g/mol. The van der Waals surface area contributed by atoms with Crippen LogP contribution in [0.15, 0.2) is 54.9 Å². The number of anilines is 3. The summed E-state index contributed by atoms with van der Waals surface area (Å²) in [6.45, 7) is 6.18. The average molecular weight is 595 g/mol. The molecule has 0 aliphatic carbocycles. The summed E-state index contributed by atoms with van der Waals surface area (Å²) in [5.41, 5.74) is 4.31. The number of hydrogen-bond donors (Lipinski definition) is 2. The molecule has 1 aromatic carbocycles. The molecule has 3 aromatic heterocycles. The number of rotatable bonds is 11. The molecule has 0 radical (unpaired) electrons. The van der Waals surface area contributed by atoms with Gasteiger partial charge in [0.1, 0.15) is 5.75 Å². The molecule has 11 nitrogen and oxygen atoms in total. The Kier molecular flexibility index (Phi) is 9.08. The molecule has 0 amide bonds. The molecule has 0 atom stereocenters. The highest BCUT2D eigenvalue weighted by Crippen LogP contribution is 2.39. The highest BCUT2D eigenvalue weighted by molar-refractivity contribution is 7.88. The molecular weight excluding hydrogens is 560 g/mol. The van der Waals surface area contributed by atoms with E-state index in [9.17, 15) is 8.42 Å². The molecule has 5 rings (SSSR count). The number of hydrogen-bond acceptors (Lipinski definition) is 11. The zero-order chi connectivity index (χ0) is 28.8. The van der Waals surface area contributed by atoms with E-state index in [-0.39, 0.29) is 0 Å². The van der Waals surface area contributed by atoms with E-state index in [4.69, 9.17) is 14.7 Å². The van der Waals surface area contributed by atoms with Crippen molar-refractivity contribution >= 4 is 38.1 Å². The fourth-order valence-electron chi connectivity index (χ4n) is 4.56. The van der Waals surface area contributed by atoms with Crippen molar-refractivity contribution in [3.63, 3.8) is 0 Å². The summed E-state index contributed by atoms with van der Waals surface area (Å²) in [7, 11) is -1.47. The molecule has 1 aliphatic rings. The molecule has 0 saturated carbocycles. The fraction of sp³-hybridized carbons (Fsp3) is 0.357. The van der Waals surface area contributed by atoms with Gasteiger partial charge in [0.05, 0.1) is 41.5 Å². The van der Waals surface area contributed by atoms with Crippen LogP contribution >= 0.6 is 11.3 Å². The molecule has 4 heterocycles. The molecule has 13 heteroatoms. The number of thiazole rings is 1. The largest absolute Gasteiger partial charge is 0.497 e. The molecule has 0 unspecified atom stereocenters. The normalized spacial score (nSPS) is 14.6. The summed E-state index contributed by atoms with van der Waals surface area (Å²) in [6, 6.07) is 13.7. The Bertz CT molecular complexity index is 1570. The summed E-state index contributed by atoms with van der Waals surface area (Å²) in [5, 5.41) is 7.41. The first-order valence-electron chi connectivity index (χ1n) is 13.4. The van der Waals surface area contributed by atoms with E-state index >= 15 is 0 Å². The summed E-state index contributed by atoms with van der Waals surface area (Å²) < 4.78 is 30.4. The maximum Gasteiger partial charge on any atom is 0.227 e. The minimum Gasteiger partial charge on any atom is -0.497 e. The third-order valence-electron chi connectivity index (χ3n) is 6.75. The Labute approximate surface area is 244 Å². The number of nitrogens with zero attached hydrogens (tertiary/aromatic N) is 6. The molecule has 1 saturated heterocycles. The van der Waals surface area contributed by atoms with Crippen LogP contribution in [0.2, 0.25) is 0 Å². The number of sulfonamides is 1. The van der Waals surface area contributed by atoms with Crippen LogP contribution in [0, 0.1) is 0 Å². The number of benzene rings is 1. The highest BCUT2D eigenvalue weighted by atomic mass is 32.2. The quantitative estimate of drug-likeness (QED) is 0.264. The Morgan fingerprint density at radius 3 is 2.59 bits per heavy atom. The Morgan fingerprint density at radius 2 is 1.88 bits per heavy atom. The van der Waals surface area contributed by atoms with Crippen LogP contribution in [0.25, 0.3) is 21.8 Å². The number of pyridine rings is 1. The predicted molar refractivity (Wildman–Crippen MR) is 163 cm³/mol. The van der Waals surface area contributed by atoms with Gasteiger partial charge in [0, 0.05) is 63.1 Å². The van der Waals surface area contributed by atoms with Gasteiger partial charge in [-0.15, -0.1) is 0 Å². The molecule has 0 bridgehead atoms. The highest BCUT2D eigenvalue weighted by Gasteiger charge is 2.23. The molecule has 0 spiro atoms. The summed E-state index contributed by atoms with van der Waals surface area (Å²) >= 11 is 1.55. The number of piperazine rings is 1. The standard InChI is InChI=1S/C28H34N8O3S2/c1-4-29-28-34-25(20-6-5-7-23(18-20)39-2)26(40-28)24-10-12-30-27(33-24)32-22-9-8-21(31-19-22)11-13-35-14-16-36(17-15-35)41(3,37)38/h5-10,12,18-19H,4,11,13-17H2,1-3H3,(H,29,34)(H,30,32,33). The second-order valence-corrected chi connectivity index (χ2v) is 12.6. The van der Waals surface area contributed by atoms with Gasteiger partial charge in [-0.2, -0.15) is 4.31 Å². The summed E-state index contributed by atoms with van der Waals surface area (Å²) in [5.74, 6) is 1.23. The first-order valence-corrected chi connectivity index (χ1v) is 16.1. The van der Waals surface area contributed by atoms with Crippen molar-refractivity contribution in [2.24, 2.45) is 0 Å². The zero-order valence-electron chi connectivity index (χ0n) is 23.4. The average Bonchev–Trinajstić information content (AvgIpc) is 3.41. The Balaban J connectivity index is 1.25. The van der Waals surface area contributed by atoms with E-state index in [2.05, 4.69) is 25.5 Å². The minimum atomic E-state index is -3.12. The van der Waals surface area contributed by atoms with Crippen LogP contribution in [0.4, 0.5) is 16.8 Å². The first-order chi connectivity index (χ1) is 19.8. The molecule has 216 valence electrons. The lowest BCUT2D eigenvalue weighted by molar-refractivity contribution is 0.190. The van der Waals surface area contributed by atoms with Gasteiger partial charge in [-0.1, -0.05) is 23.5 Å². The lowest BCUT2D eigenvalue weighted by Gasteiger charge is -2.33. The number of ether oxygens (including phenoxy) is 1. The lowest BCUT2D eigenvalue weighted by Crippen LogP contribution is -2.48. The van der Waals surface area contributed by atoms with Crippen molar-refractivity contribution in [3.8, 4) is 27.6 Å². The summed E-state index contributed by atoms with van der Waals surface area (Å²) in [4.78, 5) is 21.9. The van der Waals surface area contributed by atoms with Crippen molar-refractivity contribution in [2.45, 2.75) is 13.3 Å². The van der Waals surface area contributed by atoms with Gasteiger partial charge in [0.15, 0.2) is 5.13 Å². The molecule has 4 aromatic rings. The van der Waals surface area contributed by atoms with Gasteiger partial charge < -0.3 is 20.3 Å². The van der Waals surface area contributed by atoms with Crippen molar-refractivity contribution in [1.82, 2.24) is 29.1 Å². The van der Waals surface area contributed by atoms with Crippen molar-refractivity contribution in [3.05, 3.63) is 60.6 Å². The second-order valence-electron chi connectivity index (χ2n) is 9.64. The first kappa shape index (κ1) is 28.9. The van der Waals surface area contributed by atoms with Gasteiger partial charge in [-0.3, -0.25) is 4.98 Å². The van der Waals surface area contributed by atoms with Crippen molar-refractivity contribution in [1.29, 1.82) is 0 Å². The Morgan fingerprint density at radius 1 is 1.05 bits per heavy atom. The SMILES string of the molecule is CCNc1nc(-c2cccc(OC)c2)c(-c2ccnc(Nc3ccc(CCN4CCN(S(C)(=O)=O)CC4)nc3)n2)s1. The molecule has 41 heavy (non-hydrogen) atoms. The second kappa shape index (κ2) is 12.9. The third kappa shape index (κ3) is 7.36. The molecule has 1 aliphatic heterocycles. The lowest BCUT2D eigenvalue weighted by atomic mass is 10.1. The third-order valence-corrected chi connectivity index (χ3v) is 9.09. The molecule has 1 fully saturated rings. The maximum atomic E-state index is 11.7. The van der Waals surface area contributed by atoms with Gasteiger partial charge in [-0.05, 0) is 37.3 Å². The van der Waals surface area contributed by atoms with Crippen LogP contribution in [0.3, 0.4) is 0 Å². The maximum absolute atomic E-state index is 11.7. The van der Waals surface area contributed by atoms with Crippen LogP contribution < -0.4 is 15.4 Å². The van der Waals surface area contributed by atoms with Crippen LogP contribution in [-0.4, -0.2) is 90.2 Å². The van der Waals surface area contributed by atoms with Crippen LogP contribution in [-0.2, 0) is 16.4 Å². The van der Waals surface area contributed by atoms with E-state index in [1.54, 1.807) is 30.8 Å². The van der Waals surface area contributed by atoms with Gasteiger partial charge >= 0.3 is 0 Å². The van der Waals surface area contributed by atoms with E-state index in [0.717, 1.165) is 76.7 Å². The number of nitrogens with one attached hydrogen (secondary N) is 2. The van der Waals surface area contributed by atoms with E-state index in [1.165, 1.54) is 10.6 Å². The van der Waals surface area contributed by atoms with E-state index in [1.807, 2.05) is 49.4 Å². The number of aromatic nitrogens is 4. The van der Waals surface area contributed by atoms with Gasteiger partial charge in [0.25, 0.3) is 0 Å². The van der Waals surface area contributed by atoms with Crippen molar-refractivity contribution < 1.29 is 13.2 Å². The van der Waals surface area contributed by atoms with Crippen LogP contribution in [0.5, 0.6) is 5.75 Å². The van der Waals surface area contributed by atoms with Crippen molar-refractivity contribution in [2.75, 3.05) is 63.3 Å². The predicted octanol–water partition coefficient (Wildman–Crippen LogP) is 3.97. The van der Waals surface area contributed by atoms with Gasteiger partial charge in [0.2, 0.25) is 16.0 Å². The smallest absolute Gasteiger partial charge is 0.227 e. The molecule has 2 N–H and O–H groups in total. The topological polar surface area (TPSA) is 125 Å². The molecular formula is C28H34N8O3S2. The van der Waals surface area contributed by atoms with Crippen LogP contribution in [0.1, 0.15) is 12.6 Å². The number of methoxy groups -OCH3 is 1.